The first-order valence-electron chi connectivity index (χ1n) is 3.48. The molecule has 0 amide bonds. The maximum atomic E-state index is 8.46. The zero-order chi connectivity index (χ0) is 7.61. The minimum absolute atomic E-state index is 0.139. The average Bonchev–Trinajstić information content (AvgIpc) is 1.86. The molecule has 0 radical (unpaired) electrons. The number of rotatable bonds is 0. The Morgan fingerprint density at radius 2 is 2.30 bits per heavy atom. The number of hydrogen-bond donors (Lipinski definition) is 1. The van der Waals surface area contributed by atoms with E-state index in [4.69, 9.17) is 9.94 Å². The molecular formula is C7H13NO2. The topological polar surface area (TPSA) is 41.8 Å². The van der Waals surface area contributed by atoms with Gasteiger partial charge in [0.2, 0.25) is 0 Å². The summed E-state index contributed by atoms with van der Waals surface area (Å²) in [5.41, 5.74) is 0.705. The van der Waals surface area contributed by atoms with Crippen LogP contribution in [0.25, 0.3) is 0 Å². The van der Waals surface area contributed by atoms with Crippen molar-refractivity contribution in [2.45, 2.75) is 32.3 Å². The van der Waals surface area contributed by atoms with Crippen molar-refractivity contribution in [3.63, 3.8) is 0 Å². The SMILES string of the molecule is CC1(C)C/C(=N\O)CCO1. The molecule has 1 fully saturated rings. The largest absolute Gasteiger partial charge is 0.411 e. The van der Waals surface area contributed by atoms with E-state index in [1.807, 2.05) is 13.8 Å². The van der Waals surface area contributed by atoms with Crippen molar-refractivity contribution in [2.75, 3.05) is 6.61 Å². The highest BCUT2D eigenvalue weighted by atomic mass is 16.5. The van der Waals surface area contributed by atoms with E-state index in [9.17, 15) is 0 Å². The maximum absolute atomic E-state index is 8.46. The van der Waals surface area contributed by atoms with E-state index in [0.717, 1.165) is 18.6 Å². The Balaban J connectivity index is 2.56. The Bertz CT molecular complexity index is 152. The monoisotopic (exact) mass is 143 g/mol. The highest BCUT2D eigenvalue weighted by Gasteiger charge is 2.25. The highest BCUT2D eigenvalue weighted by molar-refractivity contribution is 5.85. The van der Waals surface area contributed by atoms with Gasteiger partial charge in [-0.3, -0.25) is 0 Å². The minimum Gasteiger partial charge on any atom is -0.411 e. The molecule has 1 heterocycles. The van der Waals surface area contributed by atoms with Crippen molar-refractivity contribution in [1.82, 2.24) is 0 Å². The first-order valence-corrected chi connectivity index (χ1v) is 3.48. The van der Waals surface area contributed by atoms with Gasteiger partial charge in [-0.05, 0) is 13.8 Å². The van der Waals surface area contributed by atoms with Crippen LogP contribution in [0.5, 0.6) is 0 Å². The molecule has 0 bridgehead atoms. The van der Waals surface area contributed by atoms with E-state index in [1.165, 1.54) is 0 Å². The summed E-state index contributed by atoms with van der Waals surface area (Å²) in [5.74, 6) is 0. The zero-order valence-electron chi connectivity index (χ0n) is 6.42. The third-order valence-corrected chi connectivity index (χ3v) is 1.65. The van der Waals surface area contributed by atoms with Gasteiger partial charge in [0.25, 0.3) is 0 Å². The second kappa shape index (κ2) is 2.58. The zero-order valence-corrected chi connectivity index (χ0v) is 6.42. The Morgan fingerprint density at radius 3 is 2.70 bits per heavy atom. The fraction of sp³-hybridized carbons (Fsp3) is 0.857. The molecule has 0 aliphatic carbocycles. The fourth-order valence-electron chi connectivity index (χ4n) is 1.16. The van der Waals surface area contributed by atoms with Gasteiger partial charge < -0.3 is 9.94 Å². The van der Waals surface area contributed by atoms with Gasteiger partial charge in [0, 0.05) is 12.8 Å². The van der Waals surface area contributed by atoms with Gasteiger partial charge in [0.05, 0.1) is 17.9 Å². The average molecular weight is 143 g/mol. The van der Waals surface area contributed by atoms with Crippen LogP contribution in [-0.2, 0) is 4.74 Å². The van der Waals surface area contributed by atoms with Crippen LogP contribution >= 0.6 is 0 Å². The van der Waals surface area contributed by atoms with Gasteiger partial charge in [0.1, 0.15) is 0 Å². The lowest BCUT2D eigenvalue weighted by molar-refractivity contribution is -0.0209. The van der Waals surface area contributed by atoms with Crippen molar-refractivity contribution < 1.29 is 9.94 Å². The summed E-state index contributed by atoms with van der Waals surface area (Å²) in [5, 5.41) is 11.6. The Hall–Kier alpha value is -0.570. The van der Waals surface area contributed by atoms with Gasteiger partial charge >= 0.3 is 0 Å². The van der Waals surface area contributed by atoms with Crippen molar-refractivity contribution in [1.29, 1.82) is 0 Å². The van der Waals surface area contributed by atoms with Gasteiger partial charge in [-0.1, -0.05) is 5.16 Å². The quantitative estimate of drug-likeness (QED) is 0.411. The summed E-state index contributed by atoms with van der Waals surface area (Å²) in [6.07, 6.45) is 1.50. The summed E-state index contributed by atoms with van der Waals surface area (Å²) in [6.45, 7) is 4.67. The lowest BCUT2D eigenvalue weighted by atomic mass is 9.97. The molecule has 0 aromatic heterocycles. The Kier molecular flexibility index (Phi) is 1.94. The van der Waals surface area contributed by atoms with Crippen LogP contribution in [0.4, 0.5) is 0 Å². The summed E-state index contributed by atoms with van der Waals surface area (Å²) >= 11 is 0. The first kappa shape index (κ1) is 7.54. The number of ether oxygens (including phenoxy) is 1. The second-order valence-corrected chi connectivity index (χ2v) is 3.20. The molecule has 10 heavy (non-hydrogen) atoms. The highest BCUT2D eigenvalue weighted by Crippen LogP contribution is 2.21. The predicted molar refractivity (Wildman–Crippen MR) is 38.5 cm³/mol. The molecule has 0 aromatic rings. The van der Waals surface area contributed by atoms with E-state index in [1.54, 1.807) is 0 Å². The number of nitrogens with zero attached hydrogens (tertiary/aromatic N) is 1. The van der Waals surface area contributed by atoms with Crippen LogP contribution in [-0.4, -0.2) is 23.1 Å². The standard InChI is InChI=1S/C7H13NO2/c1-7(2)5-6(8-9)3-4-10-7/h9H,3-5H2,1-2H3/b8-6-. The third kappa shape index (κ3) is 1.70. The molecule has 3 nitrogen and oxygen atoms in total. The minimum atomic E-state index is -0.139. The molecule has 0 spiro atoms. The molecule has 0 saturated carbocycles. The van der Waals surface area contributed by atoms with Crippen LogP contribution in [0.3, 0.4) is 0 Å². The second-order valence-electron chi connectivity index (χ2n) is 3.20. The number of hydrogen-bond acceptors (Lipinski definition) is 3. The Morgan fingerprint density at radius 1 is 1.60 bits per heavy atom. The van der Waals surface area contributed by atoms with Crippen molar-refractivity contribution in [3.8, 4) is 0 Å². The molecule has 0 unspecified atom stereocenters. The molecule has 1 aliphatic rings. The molecule has 1 rings (SSSR count). The van der Waals surface area contributed by atoms with Crippen LogP contribution in [0.1, 0.15) is 26.7 Å². The van der Waals surface area contributed by atoms with Crippen molar-refractivity contribution in [3.05, 3.63) is 0 Å². The van der Waals surface area contributed by atoms with E-state index < -0.39 is 0 Å². The van der Waals surface area contributed by atoms with Crippen LogP contribution in [0.15, 0.2) is 5.16 Å². The van der Waals surface area contributed by atoms with E-state index in [2.05, 4.69) is 5.16 Å². The fourth-order valence-corrected chi connectivity index (χ4v) is 1.16. The normalized spacial score (nSPS) is 28.8. The molecular weight excluding hydrogens is 130 g/mol. The molecule has 1 aliphatic heterocycles. The molecule has 3 heteroatoms. The summed E-state index contributed by atoms with van der Waals surface area (Å²) < 4.78 is 5.41. The van der Waals surface area contributed by atoms with Gasteiger partial charge in [0.15, 0.2) is 0 Å². The van der Waals surface area contributed by atoms with E-state index in [0.29, 0.717) is 6.61 Å². The first-order chi connectivity index (χ1) is 4.64. The van der Waals surface area contributed by atoms with E-state index >= 15 is 0 Å². The van der Waals surface area contributed by atoms with Crippen LogP contribution in [0, 0.1) is 0 Å². The summed E-state index contributed by atoms with van der Waals surface area (Å²) in [4.78, 5) is 0. The number of oxime groups is 1. The molecule has 0 aromatic carbocycles. The molecule has 0 atom stereocenters. The smallest absolute Gasteiger partial charge is 0.0679 e. The molecule has 1 N–H and O–H groups in total. The lowest BCUT2D eigenvalue weighted by Gasteiger charge is -2.29. The van der Waals surface area contributed by atoms with Crippen LogP contribution < -0.4 is 0 Å². The predicted octanol–water partition coefficient (Wildman–Crippen LogP) is 1.41. The third-order valence-electron chi connectivity index (χ3n) is 1.65. The lowest BCUT2D eigenvalue weighted by Crippen LogP contribution is -2.34. The van der Waals surface area contributed by atoms with Gasteiger partial charge in [-0.15, -0.1) is 0 Å². The van der Waals surface area contributed by atoms with Crippen molar-refractivity contribution >= 4 is 5.71 Å². The van der Waals surface area contributed by atoms with Crippen LogP contribution in [0.2, 0.25) is 0 Å². The summed E-state index contributed by atoms with van der Waals surface area (Å²) in [6, 6.07) is 0. The van der Waals surface area contributed by atoms with Crippen molar-refractivity contribution in [2.24, 2.45) is 5.16 Å². The molecule has 58 valence electrons. The van der Waals surface area contributed by atoms with Gasteiger partial charge in [-0.25, -0.2) is 0 Å². The maximum Gasteiger partial charge on any atom is 0.0679 e. The molecule has 1 saturated heterocycles. The Labute approximate surface area is 60.7 Å². The summed E-state index contributed by atoms with van der Waals surface area (Å²) in [7, 11) is 0. The van der Waals surface area contributed by atoms with Gasteiger partial charge in [-0.2, -0.15) is 0 Å². The van der Waals surface area contributed by atoms with E-state index in [-0.39, 0.29) is 5.60 Å².